The fourth-order valence-corrected chi connectivity index (χ4v) is 4.23. The molecular weight excluding hydrogens is 412 g/mol. The molecule has 0 N–H and O–H groups in total. The van der Waals surface area contributed by atoms with Gasteiger partial charge >= 0.3 is 5.97 Å². The Morgan fingerprint density at radius 1 is 0.818 bits per heavy atom. The molecule has 0 amide bonds. The minimum atomic E-state index is -0.578. The van der Waals surface area contributed by atoms with Crippen molar-refractivity contribution in [3.05, 3.63) is 95.6 Å². The number of carbonyl (C=O) groups excluding carboxylic acids is 1. The number of fused-ring (bicyclic) bond motifs is 3. The average Bonchev–Trinajstić information content (AvgIpc) is 3.16. The Labute approximate surface area is 195 Å². The lowest BCUT2D eigenvalue weighted by molar-refractivity contribution is -0.156. The molecule has 1 unspecified atom stereocenters. The topological polar surface area (TPSA) is 44.8 Å². The number of rotatable bonds is 10. The van der Waals surface area contributed by atoms with E-state index in [-0.39, 0.29) is 5.97 Å². The van der Waals surface area contributed by atoms with Gasteiger partial charge in [-0.2, -0.15) is 0 Å². The van der Waals surface area contributed by atoms with Gasteiger partial charge in [-0.05, 0) is 59.4 Å². The molecule has 1 aliphatic carbocycles. The number of hydrogen-bond donors (Lipinski definition) is 0. The van der Waals surface area contributed by atoms with Crippen LogP contribution in [0.1, 0.15) is 37.0 Å². The molecule has 0 aliphatic heterocycles. The van der Waals surface area contributed by atoms with E-state index < -0.39 is 6.10 Å². The van der Waals surface area contributed by atoms with Crippen LogP contribution in [-0.2, 0) is 20.7 Å². The van der Waals surface area contributed by atoms with Gasteiger partial charge in [-0.3, -0.25) is 0 Å². The third-order valence-electron chi connectivity index (χ3n) is 5.72. The van der Waals surface area contributed by atoms with Crippen molar-refractivity contribution in [2.24, 2.45) is 0 Å². The fourth-order valence-electron chi connectivity index (χ4n) is 4.23. The van der Waals surface area contributed by atoms with Gasteiger partial charge in [-0.25, -0.2) is 4.79 Å². The summed E-state index contributed by atoms with van der Waals surface area (Å²) in [6.45, 7) is 5.09. The Hall–Kier alpha value is -3.37. The van der Waals surface area contributed by atoms with E-state index in [9.17, 15) is 4.79 Å². The molecule has 0 aromatic heterocycles. The lowest BCUT2D eigenvalue weighted by Crippen LogP contribution is -2.28. The highest BCUT2D eigenvalue weighted by Gasteiger charge is 2.22. The van der Waals surface area contributed by atoms with E-state index in [1.165, 1.54) is 27.8 Å². The van der Waals surface area contributed by atoms with E-state index in [2.05, 4.69) is 54.6 Å². The minimum absolute atomic E-state index is 0.317. The lowest BCUT2D eigenvalue weighted by atomic mass is 10.0. The van der Waals surface area contributed by atoms with Gasteiger partial charge in [-0.1, -0.05) is 66.7 Å². The zero-order chi connectivity index (χ0) is 23.0. The summed E-state index contributed by atoms with van der Waals surface area (Å²) < 4.78 is 16.6. The van der Waals surface area contributed by atoms with E-state index in [0.29, 0.717) is 26.2 Å². The van der Waals surface area contributed by atoms with Crippen molar-refractivity contribution < 1.29 is 19.0 Å². The largest absolute Gasteiger partial charge is 0.493 e. The summed E-state index contributed by atoms with van der Waals surface area (Å²) in [5.41, 5.74) is 7.45. The molecule has 4 heteroatoms. The first kappa shape index (κ1) is 22.8. The van der Waals surface area contributed by atoms with E-state index in [0.717, 1.165) is 17.7 Å². The molecule has 0 heterocycles. The van der Waals surface area contributed by atoms with Crippen molar-refractivity contribution in [2.45, 2.75) is 32.8 Å². The Kier molecular flexibility index (Phi) is 7.59. The fraction of sp³-hybridized carbons (Fsp3) is 0.276. The molecule has 4 rings (SSSR count). The van der Waals surface area contributed by atoms with Crippen LogP contribution in [0.15, 0.2) is 78.9 Å². The minimum Gasteiger partial charge on any atom is -0.493 e. The van der Waals surface area contributed by atoms with Crippen molar-refractivity contribution in [3.8, 4) is 16.9 Å². The second-order valence-electron chi connectivity index (χ2n) is 7.89. The summed E-state index contributed by atoms with van der Waals surface area (Å²) >= 11 is 0. The van der Waals surface area contributed by atoms with E-state index >= 15 is 0 Å². The normalized spacial score (nSPS) is 12.6. The van der Waals surface area contributed by atoms with Gasteiger partial charge in [0.2, 0.25) is 0 Å². The molecule has 3 aromatic rings. The van der Waals surface area contributed by atoms with Gasteiger partial charge in [0, 0.05) is 19.4 Å². The third kappa shape index (κ3) is 5.35. The summed E-state index contributed by atoms with van der Waals surface area (Å²) in [4.78, 5) is 12.1. The maximum Gasteiger partial charge on any atom is 0.335 e. The molecule has 170 valence electrons. The molecule has 1 atom stereocenters. The molecule has 1 aliphatic rings. The molecule has 0 radical (unpaired) electrons. The van der Waals surface area contributed by atoms with E-state index in [4.69, 9.17) is 14.2 Å². The van der Waals surface area contributed by atoms with Crippen LogP contribution < -0.4 is 4.74 Å². The molecule has 0 saturated carbocycles. The quantitative estimate of drug-likeness (QED) is 0.221. The van der Waals surface area contributed by atoms with Crippen LogP contribution in [0.3, 0.4) is 0 Å². The number of esters is 1. The molecule has 0 fully saturated rings. The van der Waals surface area contributed by atoms with Crippen molar-refractivity contribution in [1.82, 2.24) is 0 Å². The van der Waals surface area contributed by atoms with Gasteiger partial charge in [0.25, 0.3) is 0 Å². The molecular formula is C29H30O4. The first-order valence-electron chi connectivity index (χ1n) is 11.6. The van der Waals surface area contributed by atoms with Crippen LogP contribution >= 0.6 is 0 Å². The average molecular weight is 443 g/mol. The number of benzene rings is 3. The monoisotopic (exact) mass is 442 g/mol. The maximum atomic E-state index is 12.1. The van der Waals surface area contributed by atoms with E-state index in [1.54, 1.807) is 6.92 Å². The first-order valence-corrected chi connectivity index (χ1v) is 11.6. The zero-order valence-corrected chi connectivity index (χ0v) is 19.3. The van der Waals surface area contributed by atoms with Crippen LogP contribution in [0.2, 0.25) is 0 Å². The predicted octanol–water partition coefficient (Wildman–Crippen LogP) is 6.08. The number of hydrogen-bond acceptors (Lipinski definition) is 4. The van der Waals surface area contributed by atoms with Crippen molar-refractivity contribution in [3.63, 3.8) is 0 Å². The first-order chi connectivity index (χ1) is 16.2. The van der Waals surface area contributed by atoms with Crippen molar-refractivity contribution in [2.75, 3.05) is 19.8 Å². The molecule has 0 bridgehead atoms. The second kappa shape index (κ2) is 11.0. The Morgan fingerprint density at radius 3 is 2.00 bits per heavy atom. The zero-order valence-electron chi connectivity index (χ0n) is 19.3. The van der Waals surface area contributed by atoms with Gasteiger partial charge in [-0.15, -0.1) is 0 Å². The van der Waals surface area contributed by atoms with Gasteiger partial charge in [0.05, 0.1) is 13.2 Å². The Bertz CT molecular complexity index is 1070. The summed E-state index contributed by atoms with van der Waals surface area (Å²) in [5.74, 6) is 0.497. The van der Waals surface area contributed by atoms with Crippen LogP contribution in [0.5, 0.6) is 5.75 Å². The lowest BCUT2D eigenvalue weighted by Gasteiger charge is -2.15. The van der Waals surface area contributed by atoms with Crippen molar-refractivity contribution >= 4 is 11.5 Å². The van der Waals surface area contributed by atoms with Crippen LogP contribution in [-0.4, -0.2) is 31.9 Å². The SMILES string of the molecule is CCOC(=O)C(Cc1ccc(OCCC=C2c3ccccc3-c3ccccc32)cc1)OCC. The van der Waals surface area contributed by atoms with Gasteiger partial charge < -0.3 is 14.2 Å². The molecule has 33 heavy (non-hydrogen) atoms. The molecule has 0 saturated heterocycles. The Morgan fingerprint density at radius 2 is 1.42 bits per heavy atom. The predicted molar refractivity (Wildman–Crippen MR) is 131 cm³/mol. The standard InChI is InChI=1S/C29H30O4/c1-3-31-28(29(30)32-4-2)20-21-15-17-22(18-16-21)33-19-9-14-27-25-12-7-5-10-23(25)24-11-6-8-13-26(24)27/h5-8,10-18,28H,3-4,9,19-20H2,1-2H3. The summed E-state index contributed by atoms with van der Waals surface area (Å²) in [6.07, 6.45) is 2.99. The van der Waals surface area contributed by atoms with E-state index in [1.807, 2.05) is 31.2 Å². The maximum absolute atomic E-state index is 12.1. The summed E-state index contributed by atoms with van der Waals surface area (Å²) in [6, 6.07) is 24.9. The van der Waals surface area contributed by atoms with Crippen LogP contribution in [0.4, 0.5) is 0 Å². The smallest absolute Gasteiger partial charge is 0.335 e. The molecule has 0 spiro atoms. The van der Waals surface area contributed by atoms with Crippen LogP contribution in [0, 0.1) is 0 Å². The summed E-state index contributed by atoms with van der Waals surface area (Å²) in [7, 11) is 0. The highest BCUT2D eigenvalue weighted by atomic mass is 16.6. The van der Waals surface area contributed by atoms with Crippen LogP contribution in [0.25, 0.3) is 16.7 Å². The Balaban J connectivity index is 1.35. The second-order valence-corrected chi connectivity index (χ2v) is 7.89. The third-order valence-corrected chi connectivity index (χ3v) is 5.72. The number of ether oxygens (including phenoxy) is 3. The highest BCUT2D eigenvalue weighted by molar-refractivity contribution is 6.01. The summed E-state index contributed by atoms with van der Waals surface area (Å²) in [5, 5.41) is 0. The van der Waals surface area contributed by atoms with Gasteiger partial charge in [0.1, 0.15) is 5.75 Å². The van der Waals surface area contributed by atoms with Gasteiger partial charge in [0.15, 0.2) is 6.10 Å². The number of carbonyl (C=O) groups is 1. The molecule has 4 nitrogen and oxygen atoms in total. The van der Waals surface area contributed by atoms with Crippen molar-refractivity contribution in [1.29, 1.82) is 0 Å². The highest BCUT2D eigenvalue weighted by Crippen LogP contribution is 2.43. The molecule has 3 aromatic carbocycles.